The molecular formula is C11H16N2S. The molecule has 0 fully saturated rings. The number of hydrogen-bond acceptors (Lipinski definition) is 2. The fourth-order valence-electron chi connectivity index (χ4n) is 1.80. The Morgan fingerprint density at radius 2 is 2.29 bits per heavy atom. The molecular weight excluding hydrogens is 192 g/mol. The molecule has 0 saturated heterocycles. The normalized spacial score (nSPS) is 17.1. The van der Waals surface area contributed by atoms with Gasteiger partial charge in [0.1, 0.15) is 0 Å². The van der Waals surface area contributed by atoms with E-state index in [2.05, 4.69) is 23.4 Å². The second kappa shape index (κ2) is 4.22. The van der Waals surface area contributed by atoms with Crippen molar-refractivity contribution >= 4 is 17.5 Å². The van der Waals surface area contributed by atoms with Gasteiger partial charge in [-0.15, -0.1) is 11.8 Å². The Labute approximate surface area is 89.4 Å². The van der Waals surface area contributed by atoms with Crippen LogP contribution in [-0.2, 0) is 0 Å². The predicted molar refractivity (Wildman–Crippen MR) is 62.0 cm³/mol. The molecule has 0 bridgehead atoms. The second-order valence-corrected chi connectivity index (χ2v) is 5.53. The fraction of sp³-hybridized carbons (Fsp3) is 0.545. The zero-order valence-corrected chi connectivity index (χ0v) is 9.55. The van der Waals surface area contributed by atoms with Gasteiger partial charge < -0.3 is 4.57 Å². The maximum Gasteiger partial charge on any atom is 0.0989 e. The van der Waals surface area contributed by atoms with Crippen LogP contribution in [-0.4, -0.2) is 14.8 Å². The highest BCUT2D eigenvalue weighted by Gasteiger charge is 2.17. The summed E-state index contributed by atoms with van der Waals surface area (Å²) in [5, 5.41) is 0.682. The summed E-state index contributed by atoms with van der Waals surface area (Å²) >= 11 is 2.00. The number of thioether (sulfide) groups is 1. The molecule has 0 saturated carbocycles. The van der Waals surface area contributed by atoms with Crippen LogP contribution in [0.25, 0.3) is 5.70 Å². The first kappa shape index (κ1) is 9.84. The zero-order chi connectivity index (χ0) is 9.97. The van der Waals surface area contributed by atoms with Gasteiger partial charge in [-0.05, 0) is 19.3 Å². The van der Waals surface area contributed by atoms with E-state index < -0.39 is 0 Å². The Morgan fingerprint density at radius 3 is 2.93 bits per heavy atom. The van der Waals surface area contributed by atoms with E-state index in [0.29, 0.717) is 5.25 Å². The highest BCUT2D eigenvalue weighted by molar-refractivity contribution is 8.03. The molecule has 1 aromatic rings. The molecule has 0 amide bonds. The summed E-state index contributed by atoms with van der Waals surface area (Å²) in [7, 11) is 0. The molecule has 2 nitrogen and oxygen atoms in total. The highest BCUT2D eigenvalue weighted by atomic mass is 32.2. The van der Waals surface area contributed by atoms with E-state index in [0.717, 1.165) is 0 Å². The largest absolute Gasteiger partial charge is 0.309 e. The van der Waals surface area contributed by atoms with E-state index in [1.807, 2.05) is 30.5 Å². The third-order valence-corrected chi connectivity index (χ3v) is 3.53. The molecule has 76 valence electrons. The van der Waals surface area contributed by atoms with Crippen molar-refractivity contribution in [2.24, 2.45) is 0 Å². The van der Waals surface area contributed by atoms with Crippen LogP contribution >= 0.6 is 11.8 Å². The Hall–Kier alpha value is -0.700. The molecule has 1 aromatic heterocycles. The summed E-state index contributed by atoms with van der Waals surface area (Å²) in [6.07, 6.45) is 9.54. The molecule has 2 rings (SSSR count). The van der Waals surface area contributed by atoms with Crippen LogP contribution in [0.15, 0.2) is 23.6 Å². The average Bonchev–Trinajstić information content (AvgIpc) is 2.70. The lowest BCUT2D eigenvalue weighted by molar-refractivity contribution is 0.901. The third-order valence-electron chi connectivity index (χ3n) is 2.33. The van der Waals surface area contributed by atoms with Gasteiger partial charge in [-0.2, -0.15) is 0 Å². The second-order valence-electron chi connectivity index (χ2n) is 3.86. The summed E-state index contributed by atoms with van der Waals surface area (Å²) < 4.78 is 2.16. The molecule has 0 radical (unpaired) electrons. The van der Waals surface area contributed by atoms with Crippen LogP contribution in [0.4, 0.5) is 0 Å². The average molecular weight is 208 g/mol. The Morgan fingerprint density at radius 1 is 1.43 bits per heavy atom. The molecule has 0 spiro atoms. The van der Waals surface area contributed by atoms with Gasteiger partial charge in [-0.25, -0.2) is 4.98 Å². The van der Waals surface area contributed by atoms with Crippen molar-refractivity contribution in [3.63, 3.8) is 0 Å². The molecule has 0 unspecified atom stereocenters. The monoisotopic (exact) mass is 208 g/mol. The summed E-state index contributed by atoms with van der Waals surface area (Å²) in [4.78, 5) is 5.65. The first-order chi connectivity index (χ1) is 6.77. The number of imidazole rings is 1. The summed E-state index contributed by atoms with van der Waals surface area (Å²) in [5.41, 5.74) is 1.46. The van der Waals surface area contributed by atoms with E-state index >= 15 is 0 Å². The summed E-state index contributed by atoms with van der Waals surface area (Å²) in [6.45, 7) is 4.50. The van der Waals surface area contributed by atoms with E-state index in [1.54, 1.807) is 4.91 Å². The minimum atomic E-state index is 0.682. The van der Waals surface area contributed by atoms with E-state index in [9.17, 15) is 0 Å². The van der Waals surface area contributed by atoms with Gasteiger partial charge in [0.2, 0.25) is 0 Å². The minimum absolute atomic E-state index is 0.682. The number of hydrogen-bond donors (Lipinski definition) is 0. The van der Waals surface area contributed by atoms with Crippen molar-refractivity contribution in [1.82, 2.24) is 9.55 Å². The van der Waals surface area contributed by atoms with Crippen LogP contribution in [0.3, 0.4) is 0 Å². The standard InChI is InChI=1S/C11H16N2S/c1-9(2)14-11-5-3-4-10(11)13-7-6-12-8-13/h6-9H,3-5H2,1-2H3. The third kappa shape index (κ3) is 2.03. The Bertz CT molecular complexity index is 325. The maximum atomic E-state index is 4.10. The quantitative estimate of drug-likeness (QED) is 0.758. The molecule has 1 aliphatic carbocycles. The van der Waals surface area contributed by atoms with E-state index in [4.69, 9.17) is 0 Å². The lowest BCUT2D eigenvalue weighted by Gasteiger charge is -2.09. The van der Waals surface area contributed by atoms with Crippen molar-refractivity contribution < 1.29 is 0 Å². The Balaban J connectivity index is 2.22. The van der Waals surface area contributed by atoms with E-state index in [1.165, 1.54) is 25.0 Å². The molecule has 1 heterocycles. The predicted octanol–water partition coefficient (Wildman–Crippen LogP) is 3.38. The molecule has 0 aliphatic heterocycles. The van der Waals surface area contributed by atoms with Crippen molar-refractivity contribution in [1.29, 1.82) is 0 Å². The lowest BCUT2D eigenvalue weighted by atomic mass is 10.3. The molecule has 0 N–H and O–H groups in total. The first-order valence-corrected chi connectivity index (χ1v) is 6.02. The summed E-state index contributed by atoms with van der Waals surface area (Å²) in [6, 6.07) is 0. The van der Waals surface area contributed by atoms with Gasteiger partial charge in [0.05, 0.1) is 6.33 Å². The van der Waals surface area contributed by atoms with E-state index in [-0.39, 0.29) is 0 Å². The first-order valence-electron chi connectivity index (χ1n) is 5.14. The van der Waals surface area contributed by atoms with Crippen molar-refractivity contribution in [2.75, 3.05) is 0 Å². The minimum Gasteiger partial charge on any atom is -0.309 e. The zero-order valence-electron chi connectivity index (χ0n) is 8.73. The lowest BCUT2D eigenvalue weighted by Crippen LogP contribution is -1.94. The molecule has 3 heteroatoms. The van der Waals surface area contributed by atoms with Gasteiger partial charge in [0, 0.05) is 28.2 Å². The number of allylic oxidation sites excluding steroid dienone is 2. The van der Waals surface area contributed by atoms with Gasteiger partial charge in [-0.3, -0.25) is 0 Å². The van der Waals surface area contributed by atoms with Gasteiger partial charge >= 0.3 is 0 Å². The van der Waals surface area contributed by atoms with Gasteiger partial charge in [-0.1, -0.05) is 13.8 Å². The summed E-state index contributed by atoms with van der Waals surface area (Å²) in [5.74, 6) is 0. The van der Waals surface area contributed by atoms with Crippen LogP contribution in [0, 0.1) is 0 Å². The van der Waals surface area contributed by atoms with Crippen molar-refractivity contribution in [3.8, 4) is 0 Å². The van der Waals surface area contributed by atoms with Crippen LogP contribution < -0.4 is 0 Å². The van der Waals surface area contributed by atoms with Crippen LogP contribution in [0.2, 0.25) is 0 Å². The molecule has 1 aliphatic rings. The smallest absolute Gasteiger partial charge is 0.0989 e. The van der Waals surface area contributed by atoms with Crippen LogP contribution in [0.1, 0.15) is 33.1 Å². The maximum absolute atomic E-state index is 4.10. The van der Waals surface area contributed by atoms with Gasteiger partial charge in [0.25, 0.3) is 0 Å². The van der Waals surface area contributed by atoms with Crippen LogP contribution in [0.5, 0.6) is 0 Å². The number of rotatable bonds is 3. The fourth-order valence-corrected chi connectivity index (χ4v) is 2.98. The number of nitrogens with zero attached hydrogens (tertiary/aromatic N) is 2. The molecule has 14 heavy (non-hydrogen) atoms. The van der Waals surface area contributed by atoms with Crippen molar-refractivity contribution in [2.45, 2.75) is 38.4 Å². The topological polar surface area (TPSA) is 17.8 Å². The van der Waals surface area contributed by atoms with Gasteiger partial charge in [0.15, 0.2) is 0 Å². The highest BCUT2D eigenvalue weighted by Crippen LogP contribution is 2.38. The molecule has 0 aromatic carbocycles. The molecule has 0 atom stereocenters. The SMILES string of the molecule is CC(C)SC1=C(n2ccnc2)CCC1. The Kier molecular flexibility index (Phi) is 2.96. The van der Waals surface area contributed by atoms with Crippen molar-refractivity contribution in [3.05, 3.63) is 23.6 Å². The number of aromatic nitrogens is 2.